The molecule has 82 valence electrons. The van der Waals surface area contributed by atoms with Crippen molar-refractivity contribution in [1.29, 1.82) is 0 Å². The van der Waals surface area contributed by atoms with Gasteiger partial charge in [-0.3, -0.25) is 0 Å². The first-order valence-electron chi connectivity index (χ1n) is 5.30. The summed E-state index contributed by atoms with van der Waals surface area (Å²) in [5.41, 5.74) is -0.0959. The molecule has 0 amide bonds. The summed E-state index contributed by atoms with van der Waals surface area (Å²) in [5.74, 6) is 0.721. The van der Waals surface area contributed by atoms with Crippen LogP contribution in [0.25, 0.3) is 0 Å². The Labute approximate surface area is 89.5 Å². The van der Waals surface area contributed by atoms with Crippen molar-refractivity contribution < 1.29 is 9.59 Å². The quantitative estimate of drug-likeness (QED) is 0.523. The molecule has 0 aromatic rings. The van der Waals surface area contributed by atoms with E-state index < -0.39 is 0 Å². The number of nitrogens with zero attached hydrogens (tertiary/aromatic N) is 2. The van der Waals surface area contributed by atoms with Crippen molar-refractivity contribution in [2.75, 3.05) is 13.1 Å². The molecule has 0 unspecified atom stereocenters. The van der Waals surface area contributed by atoms with Gasteiger partial charge in [-0.1, -0.05) is 19.8 Å². The molecule has 0 aliphatic heterocycles. The predicted molar refractivity (Wildman–Crippen MR) is 56.0 cm³/mol. The number of hydrogen-bond acceptors (Lipinski definition) is 4. The van der Waals surface area contributed by atoms with Crippen molar-refractivity contribution in [2.45, 2.75) is 32.6 Å². The van der Waals surface area contributed by atoms with Crippen LogP contribution in [0.5, 0.6) is 0 Å². The van der Waals surface area contributed by atoms with Crippen molar-refractivity contribution in [3.63, 3.8) is 0 Å². The van der Waals surface area contributed by atoms with Gasteiger partial charge in [0.1, 0.15) is 0 Å². The smallest absolute Gasteiger partial charge is 0.211 e. The molecule has 1 aliphatic rings. The highest BCUT2D eigenvalue weighted by Crippen LogP contribution is 2.39. The molecule has 1 rings (SSSR count). The molecule has 0 radical (unpaired) electrons. The van der Waals surface area contributed by atoms with E-state index in [0.29, 0.717) is 13.1 Å². The molecule has 0 aromatic carbocycles. The van der Waals surface area contributed by atoms with Crippen molar-refractivity contribution in [2.24, 2.45) is 21.3 Å². The van der Waals surface area contributed by atoms with Crippen LogP contribution in [0.1, 0.15) is 32.6 Å². The van der Waals surface area contributed by atoms with E-state index in [0.717, 1.165) is 31.6 Å². The van der Waals surface area contributed by atoms with Gasteiger partial charge in [0.25, 0.3) is 0 Å². The van der Waals surface area contributed by atoms with Gasteiger partial charge in [0.05, 0.1) is 13.1 Å². The Bertz CT molecular complexity index is 272. The summed E-state index contributed by atoms with van der Waals surface area (Å²) in [4.78, 5) is 27.6. The topological polar surface area (TPSA) is 58.9 Å². The van der Waals surface area contributed by atoms with Gasteiger partial charge in [-0.2, -0.15) is 0 Å². The average molecular weight is 208 g/mol. The number of isocyanates is 2. The lowest BCUT2D eigenvalue weighted by Gasteiger charge is -2.36. The van der Waals surface area contributed by atoms with Crippen LogP contribution in [0.3, 0.4) is 0 Å². The Balaban J connectivity index is 2.67. The fourth-order valence-corrected chi connectivity index (χ4v) is 2.14. The molecule has 15 heavy (non-hydrogen) atoms. The van der Waals surface area contributed by atoms with Gasteiger partial charge in [0, 0.05) is 5.41 Å². The van der Waals surface area contributed by atoms with E-state index in [1.807, 2.05) is 0 Å². The zero-order valence-electron chi connectivity index (χ0n) is 9.03. The van der Waals surface area contributed by atoms with E-state index >= 15 is 0 Å². The van der Waals surface area contributed by atoms with E-state index in [1.54, 1.807) is 12.2 Å². The number of rotatable bonds is 4. The minimum Gasteiger partial charge on any atom is -0.211 e. The standard InChI is InChI=1S/C11H16N2O2/c1-10-2-4-11(5-3-10,6-12-8-14)7-13-9-15/h10H,2-7H2,1H3. The van der Waals surface area contributed by atoms with Gasteiger partial charge >= 0.3 is 0 Å². The van der Waals surface area contributed by atoms with Crippen LogP contribution < -0.4 is 0 Å². The highest BCUT2D eigenvalue weighted by molar-refractivity contribution is 5.34. The molecule has 0 spiro atoms. The van der Waals surface area contributed by atoms with Crippen LogP contribution in [0.2, 0.25) is 0 Å². The van der Waals surface area contributed by atoms with Gasteiger partial charge in [-0.25, -0.2) is 19.6 Å². The van der Waals surface area contributed by atoms with Crippen molar-refractivity contribution in [3.05, 3.63) is 0 Å². The number of aliphatic imine (C=N–C) groups is 2. The molecular weight excluding hydrogens is 192 g/mol. The third-order valence-corrected chi connectivity index (χ3v) is 3.29. The van der Waals surface area contributed by atoms with Gasteiger partial charge < -0.3 is 0 Å². The van der Waals surface area contributed by atoms with Gasteiger partial charge in [0.15, 0.2) is 0 Å². The van der Waals surface area contributed by atoms with Crippen molar-refractivity contribution >= 4 is 12.2 Å². The minimum atomic E-state index is -0.0959. The summed E-state index contributed by atoms with van der Waals surface area (Å²) in [6.45, 7) is 3.10. The van der Waals surface area contributed by atoms with Gasteiger partial charge in [-0.05, 0) is 18.8 Å². The molecule has 1 fully saturated rings. The molecular formula is C11H16N2O2. The van der Waals surface area contributed by atoms with Crippen LogP contribution in [0.15, 0.2) is 9.98 Å². The third kappa shape index (κ3) is 3.43. The maximum Gasteiger partial charge on any atom is 0.234 e. The molecule has 0 heterocycles. The zero-order valence-corrected chi connectivity index (χ0v) is 9.03. The van der Waals surface area contributed by atoms with Crippen LogP contribution in [0.4, 0.5) is 0 Å². The van der Waals surface area contributed by atoms with E-state index in [9.17, 15) is 9.59 Å². The fourth-order valence-electron chi connectivity index (χ4n) is 2.14. The maximum absolute atomic E-state index is 10.1. The second-order valence-electron chi connectivity index (χ2n) is 4.50. The summed E-state index contributed by atoms with van der Waals surface area (Å²) >= 11 is 0. The Morgan fingerprint density at radius 3 is 2.00 bits per heavy atom. The lowest BCUT2D eigenvalue weighted by atomic mass is 9.71. The summed E-state index contributed by atoms with van der Waals surface area (Å²) in [6.07, 6.45) is 7.31. The monoisotopic (exact) mass is 208 g/mol. The first kappa shape index (κ1) is 11.8. The summed E-state index contributed by atoms with van der Waals surface area (Å²) < 4.78 is 0. The Hall–Kier alpha value is -1.24. The lowest BCUT2D eigenvalue weighted by Crippen LogP contribution is -2.32. The van der Waals surface area contributed by atoms with Gasteiger partial charge in [-0.15, -0.1) is 0 Å². The van der Waals surface area contributed by atoms with Crippen LogP contribution in [-0.4, -0.2) is 25.2 Å². The average Bonchev–Trinajstić information content (AvgIpc) is 2.27. The maximum atomic E-state index is 10.1. The molecule has 1 aliphatic carbocycles. The number of hydrogen-bond donors (Lipinski definition) is 0. The fraction of sp³-hybridized carbons (Fsp3) is 0.818. The van der Waals surface area contributed by atoms with Crippen LogP contribution in [0, 0.1) is 11.3 Å². The molecule has 1 saturated carbocycles. The molecule has 4 nitrogen and oxygen atoms in total. The largest absolute Gasteiger partial charge is 0.234 e. The second-order valence-corrected chi connectivity index (χ2v) is 4.50. The normalized spacial score (nSPS) is 30.1. The zero-order chi connectivity index (χ0) is 11.1. The van der Waals surface area contributed by atoms with E-state index in [1.165, 1.54) is 0 Å². The summed E-state index contributed by atoms with van der Waals surface area (Å²) in [5, 5.41) is 0. The summed E-state index contributed by atoms with van der Waals surface area (Å²) in [6, 6.07) is 0. The predicted octanol–water partition coefficient (Wildman–Crippen LogP) is 1.85. The second kappa shape index (κ2) is 5.59. The first-order valence-corrected chi connectivity index (χ1v) is 5.30. The van der Waals surface area contributed by atoms with E-state index in [2.05, 4.69) is 16.9 Å². The lowest BCUT2D eigenvalue weighted by molar-refractivity contribution is 0.174. The Morgan fingerprint density at radius 1 is 1.13 bits per heavy atom. The number of carbonyl (C=O) groups excluding carboxylic acids is 2. The molecule has 4 heteroatoms. The van der Waals surface area contributed by atoms with E-state index in [-0.39, 0.29) is 5.41 Å². The minimum absolute atomic E-state index is 0.0959. The van der Waals surface area contributed by atoms with E-state index in [4.69, 9.17) is 0 Å². The third-order valence-electron chi connectivity index (χ3n) is 3.29. The highest BCUT2D eigenvalue weighted by Gasteiger charge is 2.34. The molecule has 0 aromatic heterocycles. The Morgan fingerprint density at radius 2 is 1.60 bits per heavy atom. The van der Waals surface area contributed by atoms with Crippen LogP contribution >= 0.6 is 0 Å². The summed E-state index contributed by atoms with van der Waals surface area (Å²) in [7, 11) is 0. The van der Waals surface area contributed by atoms with Crippen LogP contribution in [-0.2, 0) is 9.59 Å². The molecule has 0 saturated heterocycles. The molecule has 0 bridgehead atoms. The highest BCUT2D eigenvalue weighted by atomic mass is 16.1. The van der Waals surface area contributed by atoms with Crippen molar-refractivity contribution in [1.82, 2.24) is 0 Å². The van der Waals surface area contributed by atoms with Crippen molar-refractivity contribution in [3.8, 4) is 0 Å². The molecule has 0 atom stereocenters. The van der Waals surface area contributed by atoms with Gasteiger partial charge in [0.2, 0.25) is 12.2 Å². The Kier molecular flexibility index (Phi) is 4.41. The first-order chi connectivity index (χ1) is 7.22. The molecule has 0 N–H and O–H groups in total. The SMILES string of the molecule is CC1CCC(CN=C=O)(CN=C=O)CC1.